The van der Waals surface area contributed by atoms with Crippen molar-refractivity contribution in [2.75, 3.05) is 0 Å². The van der Waals surface area contributed by atoms with Crippen LogP contribution >= 0.6 is 11.3 Å². The summed E-state index contributed by atoms with van der Waals surface area (Å²) in [4.78, 5) is 25.0. The minimum Gasteiger partial charge on any atom is -0.456 e. The Morgan fingerprint density at radius 3 is 2.81 bits per heavy atom. The van der Waals surface area contributed by atoms with Crippen molar-refractivity contribution in [3.05, 3.63) is 76.1 Å². The van der Waals surface area contributed by atoms with Gasteiger partial charge in [-0.2, -0.15) is 4.68 Å². The van der Waals surface area contributed by atoms with E-state index in [-0.39, 0.29) is 12.4 Å². The lowest BCUT2D eigenvalue weighted by atomic mass is 10.0. The maximum absolute atomic E-state index is 12.3. The van der Waals surface area contributed by atoms with E-state index in [0.717, 1.165) is 25.9 Å². The van der Waals surface area contributed by atoms with E-state index in [2.05, 4.69) is 5.10 Å². The van der Waals surface area contributed by atoms with Gasteiger partial charge in [-0.25, -0.2) is 4.79 Å². The second-order valence-electron chi connectivity index (χ2n) is 6.01. The number of esters is 1. The quantitative estimate of drug-likeness (QED) is 0.489. The van der Waals surface area contributed by atoms with E-state index in [4.69, 9.17) is 9.15 Å². The van der Waals surface area contributed by atoms with E-state index in [1.807, 2.05) is 60.8 Å². The predicted molar refractivity (Wildman–Crippen MR) is 103 cm³/mol. The number of fused-ring (bicyclic) bond motifs is 1. The summed E-state index contributed by atoms with van der Waals surface area (Å²) >= 11 is 1.40. The molecule has 0 aliphatic heterocycles. The van der Waals surface area contributed by atoms with Crippen LogP contribution in [0.5, 0.6) is 0 Å². The second kappa shape index (κ2) is 7.20. The molecule has 1 atom stereocenters. The van der Waals surface area contributed by atoms with Crippen LogP contribution < -0.4 is 5.76 Å². The topological polar surface area (TPSA) is 74.3 Å². The Morgan fingerprint density at radius 2 is 2.00 bits per heavy atom. The standard InChI is InChI=1S/C20H16N2O4S/c1-13(15-9-4-7-14-6-2-3-8-16(14)15)25-18(23)12-22-20(24)26-19(21-22)17-10-5-11-27-17/h2-11,13H,12H2,1H3/t13-/m0/s1. The van der Waals surface area contributed by atoms with Crippen molar-refractivity contribution in [2.45, 2.75) is 19.6 Å². The fourth-order valence-corrected chi connectivity index (χ4v) is 3.58. The van der Waals surface area contributed by atoms with Gasteiger partial charge in [0.1, 0.15) is 12.6 Å². The minimum absolute atomic E-state index is 0.199. The Morgan fingerprint density at radius 1 is 1.19 bits per heavy atom. The van der Waals surface area contributed by atoms with Crippen LogP contribution in [0.1, 0.15) is 18.6 Å². The van der Waals surface area contributed by atoms with Gasteiger partial charge in [0, 0.05) is 0 Å². The SMILES string of the molecule is C[C@H](OC(=O)Cn1nc(-c2cccs2)oc1=O)c1cccc2ccccc12. The van der Waals surface area contributed by atoms with Gasteiger partial charge in [-0.05, 0) is 34.7 Å². The van der Waals surface area contributed by atoms with E-state index in [0.29, 0.717) is 0 Å². The molecule has 0 radical (unpaired) electrons. The molecule has 2 aromatic heterocycles. The third-order valence-electron chi connectivity index (χ3n) is 4.19. The maximum atomic E-state index is 12.3. The number of aromatic nitrogens is 2. The predicted octanol–water partition coefficient (Wildman–Crippen LogP) is 4.02. The highest BCUT2D eigenvalue weighted by molar-refractivity contribution is 7.13. The number of benzene rings is 2. The highest BCUT2D eigenvalue weighted by Gasteiger charge is 2.18. The Labute approximate surface area is 158 Å². The normalized spacial score (nSPS) is 12.2. The lowest BCUT2D eigenvalue weighted by Crippen LogP contribution is -2.23. The molecule has 136 valence electrons. The minimum atomic E-state index is -0.687. The zero-order valence-corrected chi connectivity index (χ0v) is 15.3. The summed E-state index contributed by atoms with van der Waals surface area (Å²) in [6, 6.07) is 17.4. The molecule has 0 N–H and O–H groups in total. The first-order chi connectivity index (χ1) is 13.1. The highest BCUT2D eigenvalue weighted by Crippen LogP contribution is 2.26. The van der Waals surface area contributed by atoms with Gasteiger partial charge in [-0.3, -0.25) is 4.79 Å². The Hall–Kier alpha value is -3.19. The highest BCUT2D eigenvalue weighted by atomic mass is 32.1. The van der Waals surface area contributed by atoms with Crippen molar-refractivity contribution < 1.29 is 13.9 Å². The van der Waals surface area contributed by atoms with Crippen LogP contribution in [0.3, 0.4) is 0 Å². The van der Waals surface area contributed by atoms with Crippen molar-refractivity contribution in [2.24, 2.45) is 0 Å². The van der Waals surface area contributed by atoms with Crippen LogP contribution in [-0.4, -0.2) is 15.7 Å². The molecule has 0 spiro atoms. The smallest absolute Gasteiger partial charge is 0.437 e. The average molecular weight is 380 g/mol. The fraction of sp³-hybridized carbons (Fsp3) is 0.150. The zero-order chi connectivity index (χ0) is 18.8. The number of rotatable bonds is 5. The molecule has 0 saturated heterocycles. The number of carbonyl (C=O) groups is 1. The Kier molecular flexibility index (Phi) is 4.60. The van der Waals surface area contributed by atoms with Gasteiger partial charge in [0.2, 0.25) is 0 Å². The zero-order valence-electron chi connectivity index (χ0n) is 14.5. The number of thiophene rings is 1. The molecule has 0 aliphatic rings. The van der Waals surface area contributed by atoms with Gasteiger partial charge in [-0.1, -0.05) is 48.5 Å². The summed E-state index contributed by atoms with van der Waals surface area (Å²) in [5.74, 6) is -1.04. The van der Waals surface area contributed by atoms with E-state index < -0.39 is 17.8 Å². The summed E-state index contributed by atoms with van der Waals surface area (Å²) in [6.07, 6.45) is -0.456. The summed E-state index contributed by atoms with van der Waals surface area (Å²) in [5.41, 5.74) is 0.910. The monoisotopic (exact) mass is 380 g/mol. The van der Waals surface area contributed by atoms with Crippen molar-refractivity contribution >= 4 is 28.1 Å². The molecule has 2 aromatic carbocycles. The van der Waals surface area contributed by atoms with Crippen molar-refractivity contribution in [3.8, 4) is 10.8 Å². The largest absolute Gasteiger partial charge is 0.456 e. The van der Waals surface area contributed by atoms with Gasteiger partial charge in [0.15, 0.2) is 0 Å². The number of hydrogen-bond acceptors (Lipinski definition) is 6. The van der Waals surface area contributed by atoms with Crippen LogP contribution in [0.15, 0.2) is 69.2 Å². The molecule has 0 fully saturated rings. The third-order valence-corrected chi connectivity index (χ3v) is 5.04. The van der Waals surface area contributed by atoms with Crippen molar-refractivity contribution in [1.82, 2.24) is 9.78 Å². The van der Waals surface area contributed by atoms with Gasteiger partial charge in [0.05, 0.1) is 4.88 Å². The van der Waals surface area contributed by atoms with Crippen LogP contribution in [0, 0.1) is 0 Å². The molecule has 0 aliphatic carbocycles. The first-order valence-corrected chi connectivity index (χ1v) is 9.29. The molecule has 4 rings (SSSR count). The molecule has 6 nitrogen and oxygen atoms in total. The number of hydrogen-bond donors (Lipinski definition) is 0. The van der Waals surface area contributed by atoms with Gasteiger partial charge < -0.3 is 9.15 Å². The van der Waals surface area contributed by atoms with Crippen LogP contribution in [0.2, 0.25) is 0 Å². The fourth-order valence-electron chi connectivity index (χ4n) is 2.93. The second-order valence-corrected chi connectivity index (χ2v) is 6.96. The molecule has 0 amide bonds. The van der Waals surface area contributed by atoms with Crippen LogP contribution in [0.4, 0.5) is 0 Å². The molecule has 0 bridgehead atoms. The van der Waals surface area contributed by atoms with E-state index in [1.165, 1.54) is 11.3 Å². The van der Waals surface area contributed by atoms with E-state index in [1.54, 1.807) is 6.07 Å². The lowest BCUT2D eigenvalue weighted by Gasteiger charge is -2.15. The average Bonchev–Trinajstić information content (AvgIpc) is 3.31. The Bertz CT molecular complexity index is 1140. The molecular weight excluding hydrogens is 364 g/mol. The Balaban J connectivity index is 1.50. The summed E-state index contributed by atoms with van der Waals surface area (Å²) < 4.78 is 11.6. The van der Waals surface area contributed by atoms with Crippen molar-refractivity contribution in [3.63, 3.8) is 0 Å². The molecule has 0 unspecified atom stereocenters. The van der Waals surface area contributed by atoms with Crippen LogP contribution in [0.25, 0.3) is 21.5 Å². The van der Waals surface area contributed by atoms with Gasteiger partial charge in [0.25, 0.3) is 5.89 Å². The first kappa shape index (κ1) is 17.2. The van der Waals surface area contributed by atoms with E-state index in [9.17, 15) is 9.59 Å². The molecule has 7 heteroatoms. The first-order valence-electron chi connectivity index (χ1n) is 8.41. The number of nitrogens with zero attached hydrogens (tertiary/aromatic N) is 2. The lowest BCUT2D eigenvalue weighted by molar-refractivity contribution is -0.149. The van der Waals surface area contributed by atoms with Gasteiger partial charge >= 0.3 is 11.7 Å². The van der Waals surface area contributed by atoms with E-state index >= 15 is 0 Å². The van der Waals surface area contributed by atoms with Crippen LogP contribution in [-0.2, 0) is 16.1 Å². The third kappa shape index (κ3) is 3.54. The maximum Gasteiger partial charge on any atom is 0.437 e. The van der Waals surface area contributed by atoms with Crippen molar-refractivity contribution in [1.29, 1.82) is 0 Å². The summed E-state index contributed by atoms with van der Waals surface area (Å²) in [5, 5.41) is 8.03. The molecule has 4 aromatic rings. The summed E-state index contributed by atoms with van der Waals surface area (Å²) in [7, 11) is 0. The number of ether oxygens (including phenoxy) is 1. The molecule has 2 heterocycles. The molecule has 27 heavy (non-hydrogen) atoms. The number of carbonyl (C=O) groups excluding carboxylic acids is 1. The summed E-state index contributed by atoms with van der Waals surface area (Å²) in [6.45, 7) is 1.51. The molecule has 0 saturated carbocycles. The molecular formula is C20H16N2O4S. The van der Waals surface area contributed by atoms with Gasteiger partial charge in [-0.15, -0.1) is 16.4 Å².